The first-order valence-electron chi connectivity index (χ1n) is 8.62. The van der Waals surface area contributed by atoms with Gasteiger partial charge in [0.25, 0.3) is 6.43 Å². The number of alkyl halides is 2. The number of nitrogens with zero attached hydrogens (tertiary/aromatic N) is 6. The third-order valence-electron chi connectivity index (χ3n) is 4.52. The highest BCUT2D eigenvalue weighted by Crippen LogP contribution is 2.39. The van der Waals surface area contributed by atoms with Crippen molar-refractivity contribution in [3.8, 4) is 0 Å². The Hall–Kier alpha value is -1.94. The van der Waals surface area contributed by atoms with Gasteiger partial charge in [-0.1, -0.05) is 0 Å². The first-order valence-corrected chi connectivity index (χ1v) is 9.40. The number of piperazine rings is 1. The molecule has 0 aromatic carbocycles. The molecule has 0 radical (unpaired) electrons. The van der Waals surface area contributed by atoms with Crippen LogP contribution >= 0.6 is 11.5 Å². The van der Waals surface area contributed by atoms with Crippen LogP contribution in [0.3, 0.4) is 0 Å². The number of aromatic nitrogens is 4. The van der Waals surface area contributed by atoms with Crippen LogP contribution in [0.15, 0.2) is 6.07 Å². The van der Waals surface area contributed by atoms with Crippen LogP contribution in [0.1, 0.15) is 42.5 Å². The molecule has 1 saturated carbocycles. The molecular weight excluding hydrogens is 362 g/mol. The highest BCUT2D eigenvalue weighted by atomic mass is 32.1. The summed E-state index contributed by atoms with van der Waals surface area (Å²) in [6.07, 6.45) is -0.599. The SMILES string of the molecule is COCc1nsc(N2CCN(c3cc(C(F)F)nc(C4CC4)n3)CC2)n1. The van der Waals surface area contributed by atoms with E-state index in [0.717, 1.165) is 31.1 Å². The van der Waals surface area contributed by atoms with Gasteiger partial charge in [-0.25, -0.2) is 23.7 Å². The van der Waals surface area contributed by atoms with Gasteiger partial charge in [-0.2, -0.15) is 4.37 Å². The van der Waals surface area contributed by atoms with E-state index < -0.39 is 6.43 Å². The zero-order valence-corrected chi connectivity index (χ0v) is 15.3. The maximum atomic E-state index is 13.2. The van der Waals surface area contributed by atoms with Gasteiger partial charge in [-0.05, 0) is 12.8 Å². The Morgan fingerprint density at radius 1 is 1.15 bits per heavy atom. The van der Waals surface area contributed by atoms with Crippen LogP contribution in [0.4, 0.5) is 19.7 Å². The average molecular weight is 382 g/mol. The second-order valence-electron chi connectivity index (χ2n) is 6.48. The Labute approximate surface area is 154 Å². The minimum atomic E-state index is -2.57. The number of hydrogen-bond donors (Lipinski definition) is 0. The first kappa shape index (κ1) is 17.5. The topological polar surface area (TPSA) is 67.3 Å². The molecule has 0 atom stereocenters. The Morgan fingerprint density at radius 2 is 1.88 bits per heavy atom. The van der Waals surface area contributed by atoms with Gasteiger partial charge >= 0.3 is 0 Å². The monoisotopic (exact) mass is 382 g/mol. The van der Waals surface area contributed by atoms with Gasteiger partial charge in [0.1, 0.15) is 23.9 Å². The van der Waals surface area contributed by atoms with Crippen molar-refractivity contribution >= 4 is 22.5 Å². The Morgan fingerprint density at radius 3 is 2.54 bits per heavy atom. The zero-order chi connectivity index (χ0) is 18.1. The van der Waals surface area contributed by atoms with Gasteiger partial charge in [0, 0.05) is 56.8 Å². The maximum Gasteiger partial charge on any atom is 0.280 e. The quantitative estimate of drug-likeness (QED) is 0.761. The van der Waals surface area contributed by atoms with Crippen molar-refractivity contribution in [3.63, 3.8) is 0 Å². The summed E-state index contributed by atoms with van der Waals surface area (Å²) in [6, 6.07) is 1.42. The Kier molecular flexibility index (Phi) is 4.94. The van der Waals surface area contributed by atoms with Crippen LogP contribution in [-0.4, -0.2) is 52.6 Å². The molecule has 1 aliphatic carbocycles. The van der Waals surface area contributed by atoms with Crippen molar-refractivity contribution in [1.29, 1.82) is 0 Å². The molecule has 3 heterocycles. The Balaban J connectivity index is 1.45. The molecule has 7 nitrogen and oxygen atoms in total. The summed E-state index contributed by atoms with van der Waals surface area (Å²) < 4.78 is 35.7. The van der Waals surface area contributed by atoms with E-state index >= 15 is 0 Å². The summed E-state index contributed by atoms with van der Waals surface area (Å²) in [4.78, 5) is 17.3. The molecule has 4 rings (SSSR count). The molecule has 26 heavy (non-hydrogen) atoms. The molecular formula is C16H20F2N6OS. The summed E-state index contributed by atoms with van der Waals surface area (Å²) in [6.45, 7) is 3.28. The van der Waals surface area contributed by atoms with Crippen LogP contribution in [-0.2, 0) is 11.3 Å². The van der Waals surface area contributed by atoms with E-state index in [-0.39, 0.29) is 11.6 Å². The van der Waals surface area contributed by atoms with E-state index in [2.05, 4.69) is 24.2 Å². The molecule has 1 saturated heterocycles. The summed E-state index contributed by atoms with van der Waals surface area (Å²) in [5.74, 6) is 2.10. The van der Waals surface area contributed by atoms with Crippen LogP contribution in [0.25, 0.3) is 0 Å². The number of halogens is 2. The molecule has 0 amide bonds. The normalized spacial score (nSPS) is 18.0. The van der Waals surface area contributed by atoms with Crippen molar-refractivity contribution in [2.75, 3.05) is 43.1 Å². The third-order valence-corrected chi connectivity index (χ3v) is 5.34. The molecule has 1 aliphatic heterocycles. The summed E-state index contributed by atoms with van der Waals surface area (Å²) in [5, 5.41) is 0.867. The number of rotatable bonds is 6. The van der Waals surface area contributed by atoms with Gasteiger partial charge < -0.3 is 14.5 Å². The van der Waals surface area contributed by atoms with Crippen molar-refractivity contribution in [1.82, 2.24) is 19.3 Å². The second-order valence-corrected chi connectivity index (χ2v) is 7.21. The number of ether oxygens (including phenoxy) is 1. The standard InChI is InChI=1S/C16H20F2N6OS/c1-25-9-12-20-16(26-22-12)24-6-4-23(5-7-24)13-8-11(14(17)18)19-15(21-13)10-2-3-10/h8,10,14H,2-7,9H2,1H3. The lowest BCUT2D eigenvalue weighted by molar-refractivity contribution is 0.145. The number of hydrogen-bond acceptors (Lipinski definition) is 8. The Bertz CT molecular complexity index is 741. The molecule has 2 fully saturated rings. The molecule has 0 spiro atoms. The minimum Gasteiger partial charge on any atom is -0.377 e. The van der Waals surface area contributed by atoms with E-state index in [9.17, 15) is 8.78 Å². The fraction of sp³-hybridized carbons (Fsp3) is 0.625. The number of methoxy groups -OCH3 is 1. The van der Waals surface area contributed by atoms with Crippen molar-refractivity contribution < 1.29 is 13.5 Å². The van der Waals surface area contributed by atoms with Crippen molar-refractivity contribution in [3.05, 3.63) is 23.4 Å². The first-order chi connectivity index (χ1) is 12.6. The van der Waals surface area contributed by atoms with Gasteiger partial charge in [0.15, 0.2) is 5.82 Å². The molecule has 10 heteroatoms. The highest BCUT2D eigenvalue weighted by molar-refractivity contribution is 7.09. The average Bonchev–Trinajstić information content (AvgIpc) is 3.41. The van der Waals surface area contributed by atoms with E-state index in [1.54, 1.807) is 7.11 Å². The largest absolute Gasteiger partial charge is 0.377 e. The molecule has 2 aliphatic rings. The highest BCUT2D eigenvalue weighted by Gasteiger charge is 2.30. The van der Waals surface area contributed by atoms with Crippen LogP contribution in [0.2, 0.25) is 0 Å². The zero-order valence-electron chi connectivity index (χ0n) is 14.4. The van der Waals surface area contributed by atoms with Gasteiger partial charge in [-0.3, -0.25) is 0 Å². The molecule has 2 aromatic rings. The molecule has 140 valence electrons. The fourth-order valence-corrected chi connectivity index (χ4v) is 3.68. The minimum absolute atomic E-state index is 0.173. The van der Waals surface area contributed by atoms with Gasteiger partial charge in [0.05, 0.1) is 0 Å². The predicted octanol–water partition coefficient (Wildman–Crippen LogP) is 2.62. The third kappa shape index (κ3) is 3.75. The smallest absolute Gasteiger partial charge is 0.280 e. The van der Waals surface area contributed by atoms with Crippen molar-refractivity contribution in [2.24, 2.45) is 0 Å². The van der Waals surface area contributed by atoms with E-state index in [0.29, 0.717) is 37.2 Å². The summed E-state index contributed by atoms with van der Waals surface area (Å²) >= 11 is 1.36. The van der Waals surface area contributed by atoms with Crippen LogP contribution < -0.4 is 9.80 Å². The van der Waals surface area contributed by atoms with E-state index in [1.807, 2.05) is 4.90 Å². The lowest BCUT2D eigenvalue weighted by atomic mass is 10.3. The van der Waals surface area contributed by atoms with E-state index in [4.69, 9.17) is 4.74 Å². The summed E-state index contributed by atoms with van der Waals surface area (Å²) in [5.41, 5.74) is -0.173. The lowest BCUT2D eigenvalue weighted by Crippen LogP contribution is -2.47. The molecule has 0 bridgehead atoms. The van der Waals surface area contributed by atoms with Gasteiger partial charge in [0.2, 0.25) is 5.13 Å². The molecule has 0 unspecified atom stereocenters. The van der Waals surface area contributed by atoms with Crippen LogP contribution in [0.5, 0.6) is 0 Å². The summed E-state index contributed by atoms with van der Waals surface area (Å²) in [7, 11) is 1.62. The van der Waals surface area contributed by atoms with E-state index in [1.165, 1.54) is 17.6 Å². The maximum absolute atomic E-state index is 13.2. The van der Waals surface area contributed by atoms with Crippen LogP contribution in [0, 0.1) is 0 Å². The number of anilines is 2. The predicted molar refractivity (Wildman–Crippen MR) is 94.0 cm³/mol. The lowest BCUT2D eigenvalue weighted by Gasteiger charge is -2.35. The second kappa shape index (κ2) is 7.36. The van der Waals surface area contributed by atoms with Crippen molar-refractivity contribution in [2.45, 2.75) is 31.8 Å². The fourth-order valence-electron chi connectivity index (χ4n) is 2.96. The molecule has 0 N–H and O–H groups in total. The molecule has 2 aromatic heterocycles. The van der Waals surface area contributed by atoms with Gasteiger partial charge in [-0.15, -0.1) is 0 Å².